The highest BCUT2D eigenvalue weighted by Gasteiger charge is 2.31. The first-order valence-electron chi connectivity index (χ1n) is 18.9. The molecule has 7 rings (SSSR count). The third-order valence-corrected chi connectivity index (χ3v) is 11.9. The summed E-state index contributed by atoms with van der Waals surface area (Å²) in [7, 11) is 0. The highest BCUT2D eigenvalue weighted by Crippen LogP contribution is 2.39. The molecule has 272 valence electrons. The third kappa shape index (κ3) is 7.45. The van der Waals surface area contributed by atoms with Gasteiger partial charge in [-0.15, -0.1) is 0 Å². The van der Waals surface area contributed by atoms with Crippen molar-refractivity contribution in [3.05, 3.63) is 76.4 Å². The van der Waals surface area contributed by atoms with E-state index in [1.165, 1.54) is 31.4 Å². The zero-order chi connectivity index (χ0) is 35.6. The molecule has 0 spiro atoms. The van der Waals surface area contributed by atoms with Crippen molar-refractivity contribution in [1.82, 2.24) is 25.0 Å². The molecule has 0 bridgehead atoms. The molecular formula is C40H55N9O2. The van der Waals surface area contributed by atoms with E-state index in [0.29, 0.717) is 34.8 Å². The van der Waals surface area contributed by atoms with Crippen LogP contribution in [0.5, 0.6) is 5.75 Å². The number of phenols is 1. The molecule has 0 radical (unpaired) electrons. The van der Waals surface area contributed by atoms with Crippen molar-refractivity contribution in [3.8, 4) is 5.75 Å². The van der Waals surface area contributed by atoms with Gasteiger partial charge >= 0.3 is 0 Å². The molecule has 2 saturated heterocycles. The molecule has 0 saturated carbocycles. The van der Waals surface area contributed by atoms with Crippen molar-refractivity contribution in [2.75, 3.05) is 54.8 Å². The van der Waals surface area contributed by atoms with E-state index in [4.69, 9.17) is 26.0 Å². The summed E-state index contributed by atoms with van der Waals surface area (Å²) >= 11 is 0. The Hall–Kier alpha value is -4.51. The molecule has 6 heterocycles. The number of aromatic hydroxyl groups is 1. The standard InChI is InChI=1S/C40H55N9O2/c1-25(2)26(3)36-22-37(46-51-36)48-18-10-28(11-19-48)9-15-47-16-12-29(13-17-47)30-23-43-40(44-24-30)49-20-14-34-38(27(49)4)32(39(42)45-34)21-33(41)31-7-5-6-8-35(31)50/h5-8,21-29,45,50H,9-20,41-42H2,1-4H3/b33-21-. The molecular weight excluding hydrogens is 639 g/mol. The number of hydrogen-bond acceptors (Lipinski definition) is 10. The summed E-state index contributed by atoms with van der Waals surface area (Å²) < 4.78 is 5.69. The molecule has 11 heteroatoms. The maximum atomic E-state index is 10.3. The summed E-state index contributed by atoms with van der Waals surface area (Å²) in [6, 6.07) is 9.24. The van der Waals surface area contributed by atoms with Gasteiger partial charge in [0.25, 0.3) is 0 Å². The van der Waals surface area contributed by atoms with E-state index < -0.39 is 0 Å². The minimum atomic E-state index is 0.000698. The number of H-pyrrole nitrogens is 1. The number of phenolic OH excluding ortho intramolecular Hbond substituents is 1. The number of para-hydroxylation sites is 1. The van der Waals surface area contributed by atoms with Crippen LogP contribution in [0.2, 0.25) is 0 Å². The van der Waals surface area contributed by atoms with Gasteiger partial charge in [-0.1, -0.05) is 38.1 Å². The first kappa shape index (κ1) is 34.9. The zero-order valence-corrected chi connectivity index (χ0v) is 30.7. The van der Waals surface area contributed by atoms with E-state index in [0.717, 1.165) is 92.3 Å². The molecule has 2 fully saturated rings. The van der Waals surface area contributed by atoms with Crippen molar-refractivity contribution >= 4 is 29.4 Å². The van der Waals surface area contributed by atoms with Gasteiger partial charge in [0.05, 0.1) is 6.04 Å². The maximum Gasteiger partial charge on any atom is 0.225 e. The number of likely N-dealkylation sites (tertiary alicyclic amines) is 1. The van der Waals surface area contributed by atoms with Crippen LogP contribution >= 0.6 is 0 Å². The van der Waals surface area contributed by atoms with Gasteiger partial charge in [-0.2, -0.15) is 0 Å². The number of nitrogens with two attached hydrogens (primary N) is 2. The van der Waals surface area contributed by atoms with Gasteiger partial charge in [0.2, 0.25) is 5.95 Å². The van der Waals surface area contributed by atoms with E-state index in [1.807, 2.05) is 24.5 Å². The second-order valence-corrected chi connectivity index (χ2v) is 15.4. The number of nitrogens with one attached hydrogen (secondary N) is 1. The first-order chi connectivity index (χ1) is 24.7. The average molecular weight is 694 g/mol. The number of benzene rings is 1. The molecule has 3 aliphatic rings. The molecule has 3 aromatic heterocycles. The van der Waals surface area contributed by atoms with Gasteiger partial charge in [-0.3, -0.25) is 0 Å². The Balaban J connectivity index is 0.896. The summed E-state index contributed by atoms with van der Waals surface area (Å²) in [5.41, 5.74) is 18.3. The first-order valence-corrected chi connectivity index (χ1v) is 18.9. The minimum absolute atomic E-state index is 0.000698. The maximum absolute atomic E-state index is 10.3. The van der Waals surface area contributed by atoms with Gasteiger partial charge in [-0.25, -0.2) is 9.97 Å². The van der Waals surface area contributed by atoms with E-state index >= 15 is 0 Å². The van der Waals surface area contributed by atoms with Gasteiger partial charge in [0.15, 0.2) is 5.82 Å². The van der Waals surface area contributed by atoms with Gasteiger partial charge in [0.1, 0.15) is 17.3 Å². The van der Waals surface area contributed by atoms with Crippen molar-refractivity contribution in [1.29, 1.82) is 0 Å². The zero-order valence-electron chi connectivity index (χ0n) is 30.7. The smallest absolute Gasteiger partial charge is 0.225 e. The van der Waals surface area contributed by atoms with E-state index in [1.54, 1.807) is 18.2 Å². The fourth-order valence-electron chi connectivity index (χ4n) is 8.21. The normalized spacial score (nSPS) is 20.3. The van der Waals surface area contributed by atoms with Crippen LogP contribution in [0, 0.1) is 11.8 Å². The summed E-state index contributed by atoms with van der Waals surface area (Å²) in [6.45, 7) is 15.2. The van der Waals surface area contributed by atoms with E-state index in [-0.39, 0.29) is 11.8 Å². The lowest BCUT2D eigenvalue weighted by molar-refractivity contribution is 0.192. The second-order valence-electron chi connectivity index (χ2n) is 15.4. The Morgan fingerprint density at radius 3 is 2.47 bits per heavy atom. The molecule has 0 aliphatic carbocycles. The predicted molar refractivity (Wildman–Crippen MR) is 205 cm³/mol. The highest BCUT2D eigenvalue weighted by atomic mass is 16.5. The molecule has 4 aromatic rings. The summed E-state index contributed by atoms with van der Waals surface area (Å²) in [5.74, 6) is 5.67. The molecule has 6 N–H and O–H groups in total. The Morgan fingerprint density at radius 1 is 1.04 bits per heavy atom. The van der Waals surface area contributed by atoms with Crippen LogP contribution in [0.25, 0.3) is 11.8 Å². The monoisotopic (exact) mass is 693 g/mol. The van der Waals surface area contributed by atoms with Crippen LogP contribution in [0.1, 0.15) is 111 Å². The number of fused-ring (bicyclic) bond motifs is 1. The highest BCUT2D eigenvalue weighted by molar-refractivity contribution is 5.86. The number of rotatable bonds is 10. The Labute approximate surface area is 302 Å². The number of piperidine rings is 2. The summed E-state index contributed by atoms with van der Waals surface area (Å²) in [4.78, 5) is 20.5. The number of anilines is 3. The topological polar surface area (TPSA) is 150 Å². The number of hydrogen-bond donors (Lipinski definition) is 4. The summed E-state index contributed by atoms with van der Waals surface area (Å²) in [6.07, 6.45) is 12.8. The summed E-state index contributed by atoms with van der Waals surface area (Å²) in [5, 5.41) is 14.7. The number of nitrogen functional groups attached to an aromatic ring is 1. The number of nitrogens with zero attached hydrogens (tertiary/aromatic N) is 6. The lowest BCUT2D eigenvalue weighted by Crippen LogP contribution is -2.37. The van der Waals surface area contributed by atoms with Crippen molar-refractivity contribution in [2.45, 2.75) is 84.1 Å². The van der Waals surface area contributed by atoms with Crippen LogP contribution in [0.3, 0.4) is 0 Å². The van der Waals surface area contributed by atoms with Crippen LogP contribution in [-0.2, 0) is 6.42 Å². The fourth-order valence-corrected chi connectivity index (χ4v) is 8.21. The third-order valence-electron chi connectivity index (χ3n) is 11.9. The lowest BCUT2D eigenvalue weighted by atomic mass is 9.90. The van der Waals surface area contributed by atoms with Crippen molar-refractivity contribution in [3.63, 3.8) is 0 Å². The van der Waals surface area contributed by atoms with Crippen molar-refractivity contribution < 1.29 is 9.63 Å². The molecule has 2 atom stereocenters. The number of aromatic nitrogens is 4. The SMILES string of the molecule is CC(C)C(C)c1cc(N2CCC(CCN3CCC(c4cnc(N5CCc6[nH]c(N)c(/C=C(\N)c7ccccc7O)c6C5C)nc4)CC3)CC2)no1. The predicted octanol–water partition coefficient (Wildman–Crippen LogP) is 6.91. The molecule has 11 nitrogen and oxygen atoms in total. The average Bonchev–Trinajstić information content (AvgIpc) is 3.76. The van der Waals surface area contributed by atoms with Gasteiger partial charge in [0, 0.05) is 78.5 Å². The van der Waals surface area contributed by atoms with Crippen molar-refractivity contribution in [2.24, 2.45) is 17.6 Å². The number of aromatic amines is 1. The van der Waals surface area contributed by atoms with Crippen LogP contribution in [0.15, 0.2) is 47.2 Å². The lowest BCUT2D eigenvalue weighted by Gasteiger charge is -2.36. The largest absolute Gasteiger partial charge is 0.507 e. The molecule has 1 aromatic carbocycles. The Bertz CT molecular complexity index is 1800. The van der Waals surface area contributed by atoms with E-state index in [9.17, 15) is 5.11 Å². The quantitative estimate of drug-likeness (QED) is 0.138. The molecule has 0 amide bonds. The van der Waals surface area contributed by atoms with Crippen LogP contribution in [-0.4, -0.2) is 69.4 Å². The van der Waals surface area contributed by atoms with Crippen LogP contribution in [0.4, 0.5) is 17.6 Å². The van der Waals surface area contributed by atoms with E-state index in [2.05, 4.69) is 58.6 Å². The molecule has 3 aliphatic heterocycles. The van der Waals surface area contributed by atoms with Gasteiger partial charge in [-0.05, 0) is 100 Å². The Morgan fingerprint density at radius 2 is 1.76 bits per heavy atom. The van der Waals surface area contributed by atoms with Gasteiger partial charge < -0.3 is 40.8 Å². The minimum Gasteiger partial charge on any atom is -0.507 e. The second kappa shape index (κ2) is 15.0. The fraction of sp³-hybridized carbons (Fsp3) is 0.525. The van der Waals surface area contributed by atoms with Crippen LogP contribution < -0.4 is 21.3 Å². The molecule has 51 heavy (non-hydrogen) atoms. The molecule has 2 unspecified atom stereocenters. The Kier molecular flexibility index (Phi) is 10.3.